The second kappa shape index (κ2) is 2.67. The first-order valence-electron chi connectivity index (χ1n) is 3.08. The monoisotopic (exact) mass is 126 g/mol. The van der Waals surface area contributed by atoms with E-state index in [0.717, 1.165) is 6.29 Å². The van der Waals surface area contributed by atoms with Crippen LogP contribution in [0.15, 0.2) is 11.8 Å². The van der Waals surface area contributed by atoms with Crippen LogP contribution in [-0.4, -0.2) is 13.4 Å². The molecule has 2 nitrogen and oxygen atoms in total. The van der Waals surface area contributed by atoms with Gasteiger partial charge in [-0.1, -0.05) is 0 Å². The third kappa shape index (κ3) is 1.88. The van der Waals surface area contributed by atoms with E-state index in [-0.39, 0.29) is 0 Å². The topological polar surface area (TPSA) is 26.3 Å². The third-order valence-electron chi connectivity index (χ3n) is 1.37. The minimum atomic E-state index is 0.470. The lowest BCUT2D eigenvalue weighted by Gasteiger charge is -1.93. The van der Waals surface area contributed by atoms with Crippen LogP contribution in [0.25, 0.3) is 0 Å². The molecule has 9 heavy (non-hydrogen) atoms. The van der Waals surface area contributed by atoms with Gasteiger partial charge in [0.05, 0.1) is 7.11 Å². The van der Waals surface area contributed by atoms with Crippen molar-refractivity contribution in [1.29, 1.82) is 0 Å². The van der Waals surface area contributed by atoms with Crippen LogP contribution in [0.5, 0.6) is 0 Å². The van der Waals surface area contributed by atoms with E-state index in [0.29, 0.717) is 11.7 Å². The fraction of sp³-hybridized carbons (Fsp3) is 0.571. The van der Waals surface area contributed by atoms with E-state index in [4.69, 9.17) is 4.74 Å². The molecule has 0 atom stereocenters. The summed E-state index contributed by atoms with van der Waals surface area (Å²) in [7, 11) is 1.52. The molecular weight excluding hydrogens is 116 g/mol. The maximum atomic E-state index is 10.1. The van der Waals surface area contributed by atoms with Gasteiger partial charge in [0.1, 0.15) is 0 Å². The van der Waals surface area contributed by atoms with Crippen LogP contribution in [-0.2, 0) is 9.53 Å². The lowest BCUT2D eigenvalue weighted by Crippen LogP contribution is -1.87. The fourth-order valence-electron chi connectivity index (χ4n) is 0.651. The smallest absolute Gasteiger partial charge is 0.184 e. The zero-order chi connectivity index (χ0) is 6.69. The molecule has 1 fully saturated rings. The van der Waals surface area contributed by atoms with Crippen molar-refractivity contribution < 1.29 is 9.53 Å². The molecule has 0 unspecified atom stereocenters. The Morgan fingerprint density at radius 2 is 2.33 bits per heavy atom. The van der Waals surface area contributed by atoms with Gasteiger partial charge in [-0.25, -0.2) is 0 Å². The Labute approximate surface area is 54.5 Å². The van der Waals surface area contributed by atoms with Crippen LogP contribution in [0, 0.1) is 5.92 Å². The van der Waals surface area contributed by atoms with Crippen molar-refractivity contribution in [3.8, 4) is 0 Å². The Kier molecular flexibility index (Phi) is 1.88. The Morgan fingerprint density at radius 1 is 1.67 bits per heavy atom. The molecule has 0 N–H and O–H groups in total. The Balaban J connectivity index is 2.41. The average molecular weight is 126 g/mol. The first-order chi connectivity index (χ1) is 4.36. The quantitative estimate of drug-likeness (QED) is 0.322. The summed E-state index contributed by atoms with van der Waals surface area (Å²) in [5, 5.41) is 0. The molecule has 1 saturated carbocycles. The highest BCUT2D eigenvalue weighted by Gasteiger charge is 2.19. The Morgan fingerprint density at radius 3 is 2.67 bits per heavy atom. The summed E-state index contributed by atoms with van der Waals surface area (Å²) in [6.45, 7) is 0. The van der Waals surface area contributed by atoms with Gasteiger partial charge in [0.25, 0.3) is 0 Å². The summed E-state index contributed by atoms with van der Waals surface area (Å²) in [4.78, 5) is 10.1. The van der Waals surface area contributed by atoms with Gasteiger partial charge in [0, 0.05) is 0 Å². The zero-order valence-electron chi connectivity index (χ0n) is 5.46. The number of allylic oxidation sites excluding steroid dienone is 2. The lowest BCUT2D eigenvalue weighted by molar-refractivity contribution is -0.107. The van der Waals surface area contributed by atoms with Crippen LogP contribution < -0.4 is 0 Å². The number of aldehydes is 1. The van der Waals surface area contributed by atoms with Crippen molar-refractivity contribution in [2.24, 2.45) is 5.92 Å². The molecule has 0 spiro atoms. The number of carbonyl (C=O) groups is 1. The highest BCUT2D eigenvalue weighted by Crippen LogP contribution is 2.30. The van der Waals surface area contributed by atoms with E-state index in [1.54, 1.807) is 0 Å². The van der Waals surface area contributed by atoms with Crippen molar-refractivity contribution >= 4 is 6.29 Å². The maximum absolute atomic E-state index is 10.1. The summed E-state index contributed by atoms with van der Waals surface area (Å²) in [5.41, 5.74) is 0. The first kappa shape index (κ1) is 6.33. The Bertz CT molecular complexity index is 134. The molecule has 50 valence electrons. The largest absolute Gasteiger partial charge is 0.494 e. The molecule has 0 aromatic rings. The van der Waals surface area contributed by atoms with E-state index in [2.05, 4.69) is 0 Å². The van der Waals surface area contributed by atoms with E-state index in [1.807, 2.05) is 6.08 Å². The first-order valence-corrected chi connectivity index (χ1v) is 3.08. The fourth-order valence-corrected chi connectivity index (χ4v) is 0.651. The van der Waals surface area contributed by atoms with Crippen LogP contribution in [0.1, 0.15) is 12.8 Å². The van der Waals surface area contributed by atoms with Gasteiger partial charge in [0.15, 0.2) is 12.0 Å². The summed E-state index contributed by atoms with van der Waals surface area (Å²) >= 11 is 0. The molecule has 0 aromatic carbocycles. The molecule has 1 aliphatic carbocycles. The SMILES string of the molecule is COC(C=O)=CC1CC1. The van der Waals surface area contributed by atoms with Crippen molar-refractivity contribution in [2.75, 3.05) is 7.11 Å². The van der Waals surface area contributed by atoms with Crippen molar-refractivity contribution in [1.82, 2.24) is 0 Å². The number of rotatable bonds is 3. The Hall–Kier alpha value is -0.790. The van der Waals surface area contributed by atoms with Gasteiger partial charge < -0.3 is 4.74 Å². The van der Waals surface area contributed by atoms with Crippen molar-refractivity contribution in [2.45, 2.75) is 12.8 Å². The second-order valence-corrected chi connectivity index (χ2v) is 2.23. The number of ether oxygens (including phenoxy) is 1. The van der Waals surface area contributed by atoms with E-state index < -0.39 is 0 Å². The number of hydrogen-bond donors (Lipinski definition) is 0. The van der Waals surface area contributed by atoms with E-state index in [9.17, 15) is 4.79 Å². The van der Waals surface area contributed by atoms with E-state index >= 15 is 0 Å². The summed E-state index contributed by atoms with van der Waals surface area (Å²) < 4.78 is 4.74. The standard InChI is InChI=1S/C7H10O2/c1-9-7(5-8)4-6-2-3-6/h4-6H,2-3H2,1H3. The number of methoxy groups -OCH3 is 1. The van der Waals surface area contributed by atoms with Gasteiger partial charge in [-0.3, -0.25) is 4.79 Å². The highest BCUT2D eigenvalue weighted by molar-refractivity contribution is 5.70. The molecule has 2 heteroatoms. The lowest BCUT2D eigenvalue weighted by atomic mass is 10.3. The van der Waals surface area contributed by atoms with Crippen molar-refractivity contribution in [3.05, 3.63) is 11.8 Å². The normalized spacial score (nSPS) is 19.4. The van der Waals surface area contributed by atoms with Crippen LogP contribution in [0.3, 0.4) is 0 Å². The summed E-state index contributed by atoms with van der Waals surface area (Å²) in [6.07, 6.45) is 5.05. The van der Waals surface area contributed by atoms with Gasteiger partial charge in [-0.05, 0) is 24.8 Å². The van der Waals surface area contributed by atoms with Crippen LogP contribution >= 0.6 is 0 Å². The molecule has 0 heterocycles. The third-order valence-corrected chi connectivity index (χ3v) is 1.37. The summed E-state index contributed by atoms with van der Waals surface area (Å²) in [5.74, 6) is 1.09. The molecular formula is C7H10O2. The average Bonchev–Trinajstić information content (AvgIpc) is 2.66. The van der Waals surface area contributed by atoms with Gasteiger partial charge in [-0.2, -0.15) is 0 Å². The van der Waals surface area contributed by atoms with Gasteiger partial charge >= 0.3 is 0 Å². The van der Waals surface area contributed by atoms with Crippen molar-refractivity contribution in [3.63, 3.8) is 0 Å². The minimum Gasteiger partial charge on any atom is -0.494 e. The molecule has 0 aliphatic heterocycles. The molecule has 0 amide bonds. The number of hydrogen-bond acceptors (Lipinski definition) is 2. The number of carbonyl (C=O) groups excluding carboxylic acids is 1. The van der Waals surface area contributed by atoms with Gasteiger partial charge in [-0.15, -0.1) is 0 Å². The molecule has 0 saturated heterocycles. The molecule has 1 aliphatic rings. The van der Waals surface area contributed by atoms with Crippen LogP contribution in [0.4, 0.5) is 0 Å². The van der Waals surface area contributed by atoms with E-state index in [1.165, 1.54) is 20.0 Å². The van der Waals surface area contributed by atoms with Crippen LogP contribution in [0.2, 0.25) is 0 Å². The molecule has 0 aromatic heterocycles. The maximum Gasteiger partial charge on any atom is 0.184 e. The minimum absolute atomic E-state index is 0.470. The summed E-state index contributed by atoms with van der Waals surface area (Å²) in [6, 6.07) is 0. The molecule has 0 bridgehead atoms. The zero-order valence-corrected chi connectivity index (χ0v) is 5.46. The molecule has 0 radical (unpaired) electrons. The highest BCUT2D eigenvalue weighted by atomic mass is 16.5. The molecule has 1 rings (SSSR count). The second-order valence-electron chi connectivity index (χ2n) is 2.23. The predicted octanol–water partition coefficient (Wildman–Crippen LogP) is 1.13. The van der Waals surface area contributed by atoms with Gasteiger partial charge in [0.2, 0.25) is 0 Å². The predicted molar refractivity (Wildman–Crippen MR) is 33.9 cm³/mol.